The van der Waals surface area contributed by atoms with Gasteiger partial charge in [-0.3, -0.25) is 14.9 Å². The van der Waals surface area contributed by atoms with Crippen LogP contribution in [0.25, 0.3) is 0 Å². The van der Waals surface area contributed by atoms with Crippen molar-refractivity contribution in [3.8, 4) is 0 Å². The summed E-state index contributed by atoms with van der Waals surface area (Å²) in [5, 5.41) is 10.8. The molecule has 11 heteroatoms. The zero-order valence-electron chi connectivity index (χ0n) is 15.5. The van der Waals surface area contributed by atoms with Crippen LogP contribution in [0.5, 0.6) is 0 Å². The van der Waals surface area contributed by atoms with Gasteiger partial charge >= 0.3 is 5.97 Å². The van der Waals surface area contributed by atoms with Crippen molar-refractivity contribution in [1.82, 2.24) is 4.90 Å². The molecular weight excluding hydrogens is 412 g/mol. The Bertz CT molecular complexity index is 885. The van der Waals surface area contributed by atoms with Crippen LogP contribution in [0.1, 0.15) is 30.6 Å². The lowest BCUT2D eigenvalue weighted by molar-refractivity contribution is -0.384. The third kappa shape index (κ3) is 5.65. The van der Waals surface area contributed by atoms with Gasteiger partial charge in [0.05, 0.1) is 22.0 Å². The maximum Gasteiger partial charge on any atom is 0.338 e. The molecule has 1 heterocycles. The molecule has 0 aliphatic carbocycles. The number of hydrogen-bond acceptors (Lipinski definition) is 7. The van der Waals surface area contributed by atoms with Gasteiger partial charge in [0.15, 0.2) is 16.4 Å². The van der Waals surface area contributed by atoms with Gasteiger partial charge in [0.2, 0.25) is 0 Å². The van der Waals surface area contributed by atoms with Crippen LogP contribution < -0.4 is 0 Å². The highest BCUT2D eigenvalue weighted by Gasteiger charge is 2.35. The molecule has 0 bridgehead atoms. The Morgan fingerprint density at radius 1 is 1.39 bits per heavy atom. The second-order valence-electron chi connectivity index (χ2n) is 7.00. The van der Waals surface area contributed by atoms with Crippen LogP contribution in [0.2, 0.25) is 5.02 Å². The van der Waals surface area contributed by atoms with Crippen LogP contribution in [0, 0.1) is 16.0 Å². The molecule has 0 unspecified atom stereocenters. The Labute approximate surface area is 167 Å². The summed E-state index contributed by atoms with van der Waals surface area (Å²) >= 11 is 5.71. The molecule has 1 aliphatic heterocycles. The predicted octanol–water partition coefficient (Wildman–Crippen LogP) is 2.08. The summed E-state index contributed by atoms with van der Waals surface area (Å²) < 4.78 is 28.5. The quantitative estimate of drug-likeness (QED) is 0.367. The second-order valence-corrected chi connectivity index (χ2v) is 9.63. The van der Waals surface area contributed by atoms with Crippen LogP contribution >= 0.6 is 11.6 Å². The number of carbonyl (C=O) groups excluding carboxylic acids is 2. The van der Waals surface area contributed by atoms with Crippen molar-refractivity contribution in [2.75, 3.05) is 24.7 Å². The van der Waals surface area contributed by atoms with Crippen molar-refractivity contribution in [2.24, 2.45) is 5.92 Å². The summed E-state index contributed by atoms with van der Waals surface area (Å²) in [6.07, 6.45) is 0.345. The van der Waals surface area contributed by atoms with Crippen molar-refractivity contribution in [3.05, 3.63) is 38.9 Å². The number of benzene rings is 1. The van der Waals surface area contributed by atoms with Gasteiger partial charge < -0.3 is 9.64 Å². The number of rotatable bonds is 7. The average molecular weight is 433 g/mol. The highest BCUT2D eigenvalue weighted by atomic mass is 35.5. The fraction of sp³-hybridized carbons (Fsp3) is 0.529. The highest BCUT2D eigenvalue weighted by Crippen LogP contribution is 2.25. The minimum absolute atomic E-state index is 0.0216. The molecule has 1 fully saturated rings. The molecule has 154 valence electrons. The lowest BCUT2D eigenvalue weighted by atomic mass is 10.1. The van der Waals surface area contributed by atoms with Crippen molar-refractivity contribution in [2.45, 2.75) is 26.3 Å². The molecule has 28 heavy (non-hydrogen) atoms. The van der Waals surface area contributed by atoms with E-state index in [0.717, 1.165) is 6.07 Å². The van der Waals surface area contributed by atoms with Crippen molar-refractivity contribution < 1.29 is 27.7 Å². The summed E-state index contributed by atoms with van der Waals surface area (Å²) in [6.45, 7) is 3.53. The first-order chi connectivity index (χ1) is 13.0. The Kier molecular flexibility index (Phi) is 7.00. The summed E-state index contributed by atoms with van der Waals surface area (Å²) in [4.78, 5) is 36.3. The summed E-state index contributed by atoms with van der Waals surface area (Å²) in [5.74, 6) is -1.40. The normalized spacial score (nSPS) is 18.1. The van der Waals surface area contributed by atoms with Gasteiger partial charge in [0.1, 0.15) is 5.02 Å². The molecule has 1 saturated heterocycles. The van der Waals surface area contributed by atoms with Crippen LogP contribution in [0.3, 0.4) is 0 Å². The van der Waals surface area contributed by atoms with E-state index in [4.69, 9.17) is 16.3 Å². The van der Waals surface area contributed by atoms with E-state index in [1.807, 2.05) is 13.8 Å². The largest absolute Gasteiger partial charge is 0.452 e. The number of esters is 1. The number of carbonyl (C=O) groups is 2. The van der Waals surface area contributed by atoms with Crippen molar-refractivity contribution in [3.63, 3.8) is 0 Å². The third-order valence-electron chi connectivity index (χ3n) is 4.24. The third-order valence-corrected chi connectivity index (χ3v) is 6.31. The Hall–Kier alpha value is -2.20. The Balaban J connectivity index is 2.06. The van der Waals surface area contributed by atoms with Gasteiger partial charge in [-0.15, -0.1) is 0 Å². The number of ether oxygens (including phenoxy) is 1. The molecule has 9 nitrogen and oxygen atoms in total. The summed E-state index contributed by atoms with van der Waals surface area (Å²) in [5.41, 5.74) is -0.553. The Morgan fingerprint density at radius 2 is 2.07 bits per heavy atom. The van der Waals surface area contributed by atoms with E-state index in [2.05, 4.69) is 0 Å². The van der Waals surface area contributed by atoms with Crippen LogP contribution in [-0.4, -0.2) is 60.8 Å². The highest BCUT2D eigenvalue weighted by molar-refractivity contribution is 7.91. The lowest BCUT2D eigenvalue weighted by Gasteiger charge is -2.29. The van der Waals surface area contributed by atoms with Crippen LogP contribution in [-0.2, 0) is 19.4 Å². The van der Waals surface area contributed by atoms with E-state index < -0.39 is 45.0 Å². The average Bonchev–Trinajstić information content (AvgIpc) is 2.96. The maximum atomic E-state index is 12.6. The van der Waals surface area contributed by atoms with Crippen LogP contribution in [0.15, 0.2) is 18.2 Å². The number of hydrogen-bond donors (Lipinski definition) is 0. The van der Waals surface area contributed by atoms with Gasteiger partial charge in [-0.05, 0) is 24.5 Å². The number of nitrogens with zero attached hydrogens (tertiary/aromatic N) is 2. The molecule has 0 spiro atoms. The number of nitro groups is 1. The molecule has 0 N–H and O–H groups in total. The van der Waals surface area contributed by atoms with E-state index in [0.29, 0.717) is 13.0 Å². The molecular formula is C17H21ClN2O7S. The lowest BCUT2D eigenvalue weighted by Crippen LogP contribution is -2.45. The van der Waals surface area contributed by atoms with E-state index in [1.54, 1.807) is 0 Å². The standard InChI is InChI=1S/C17H21ClN2O7S/c1-11(2)8-19(13-5-6-28(25,26)10-13)16(21)9-27-17(22)12-3-4-14(18)15(7-12)20(23)24/h3-4,7,11,13H,5-6,8-10H2,1-2H3/t13-/m0/s1. The fourth-order valence-corrected chi connectivity index (χ4v) is 4.86. The summed E-state index contributed by atoms with van der Waals surface area (Å²) in [6, 6.07) is 2.99. The minimum atomic E-state index is -3.18. The molecule has 1 aromatic rings. The number of amides is 1. The topological polar surface area (TPSA) is 124 Å². The predicted molar refractivity (Wildman–Crippen MR) is 102 cm³/mol. The van der Waals surface area contributed by atoms with Gasteiger partial charge in [-0.2, -0.15) is 0 Å². The maximum absolute atomic E-state index is 12.6. The van der Waals surface area contributed by atoms with Gasteiger partial charge in [0.25, 0.3) is 11.6 Å². The van der Waals surface area contributed by atoms with Crippen LogP contribution in [0.4, 0.5) is 5.69 Å². The van der Waals surface area contributed by atoms with Crippen molar-refractivity contribution >= 4 is 39.0 Å². The van der Waals surface area contributed by atoms with Gasteiger partial charge in [-0.1, -0.05) is 25.4 Å². The monoisotopic (exact) mass is 432 g/mol. The molecule has 0 radical (unpaired) electrons. The number of sulfone groups is 1. The molecule has 1 aliphatic rings. The smallest absolute Gasteiger partial charge is 0.338 e. The second kappa shape index (κ2) is 8.87. The van der Waals surface area contributed by atoms with E-state index in [9.17, 15) is 28.1 Å². The first kappa shape index (κ1) is 22.1. The molecule has 1 amide bonds. The van der Waals surface area contributed by atoms with Gasteiger partial charge in [-0.25, -0.2) is 13.2 Å². The zero-order chi connectivity index (χ0) is 21.1. The molecule has 1 aromatic carbocycles. The number of nitro benzene ring substituents is 1. The van der Waals surface area contributed by atoms with Gasteiger partial charge in [0, 0.05) is 18.7 Å². The van der Waals surface area contributed by atoms with E-state index in [1.165, 1.54) is 17.0 Å². The summed E-state index contributed by atoms with van der Waals surface area (Å²) in [7, 11) is -3.18. The minimum Gasteiger partial charge on any atom is -0.452 e. The SMILES string of the molecule is CC(C)CN(C(=O)COC(=O)c1ccc(Cl)c([N+](=O)[O-])c1)[C@H]1CCS(=O)(=O)C1. The Morgan fingerprint density at radius 3 is 2.61 bits per heavy atom. The number of halogens is 1. The van der Waals surface area contributed by atoms with E-state index >= 15 is 0 Å². The molecule has 1 atom stereocenters. The molecule has 0 aromatic heterocycles. The first-order valence-corrected chi connectivity index (χ1v) is 10.8. The zero-order valence-corrected chi connectivity index (χ0v) is 17.0. The molecule has 2 rings (SSSR count). The molecule has 0 saturated carbocycles. The fourth-order valence-electron chi connectivity index (χ4n) is 2.94. The van der Waals surface area contributed by atoms with Crippen molar-refractivity contribution in [1.29, 1.82) is 0 Å². The first-order valence-electron chi connectivity index (χ1n) is 8.61. The van der Waals surface area contributed by atoms with E-state index in [-0.39, 0.29) is 28.0 Å².